The first-order valence-corrected chi connectivity index (χ1v) is 5.49. The van der Waals surface area contributed by atoms with E-state index in [1.165, 1.54) is 17.9 Å². The smallest absolute Gasteiger partial charge is 0.0656 e. The van der Waals surface area contributed by atoms with Gasteiger partial charge < -0.3 is 0 Å². The molecule has 0 saturated heterocycles. The first-order valence-electron chi connectivity index (χ1n) is 4.34. The molecule has 1 fully saturated rings. The van der Waals surface area contributed by atoms with Gasteiger partial charge in [-0.1, -0.05) is 6.92 Å². The van der Waals surface area contributed by atoms with Crippen molar-refractivity contribution in [3.8, 4) is 6.07 Å². The zero-order chi connectivity index (χ0) is 8.10. The third-order valence-corrected chi connectivity index (χ3v) is 3.52. The maximum absolute atomic E-state index is 8.52. The number of hydrogen-bond donors (Lipinski definition) is 0. The van der Waals surface area contributed by atoms with Crippen molar-refractivity contribution in [2.24, 2.45) is 11.8 Å². The van der Waals surface area contributed by atoms with Gasteiger partial charge in [0.25, 0.3) is 0 Å². The molecule has 0 aromatic heterocycles. The third kappa shape index (κ3) is 2.75. The van der Waals surface area contributed by atoms with E-state index in [-0.39, 0.29) is 0 Å². The summed E-state index contributed by atoms with van der Waals surface area (Å²) in [5.41, 5.74) is 0. The molecule has 62 valence electrons. The van der Waals surface area contributed by atoms with Crippen LogP contribution in [0.5, 0.6) is 0 Å². The highest BCUT2D eigenvalue weighted by molar-refractivity contribution is 7.99. The van der Waals surface area contributed by atoms with E-state index in [2.05, 4.69) is 13.0 Å². The highest BCUT2D eigenvalue weighted by Gasteiger charge is 2.28. The monoisotopic (exact) mass is 169 g/mol. The minimum Gasteiger partial charge on any atom is -0.198 e. The molecule has 1 saturated carbocycles. The summed E-state index contributed by atoms with van der Waals surface area (Å²) in [6, 6.07) is 2.31. The van der Waals surface area contributed by atoms with Crippen molar-refractivity contribution in [1.82, 2.24) is 0 Å². The third-order valence-electron chi connectivity index (χ3n) is 2.12. The van der Waals surface area contributed by atoms with Crippen LogP contribution in [0.15, 0.2) is 0 Å². The molecule has 2 heteroatoms. The van der Waals surface area contributed by atoms with E-state index in [1.54, 1.807) is 0 Å². The molecule has 0 aromatic rings. The second kappa shape index (κ2) is 4.66. The molecule has 0 aliphatic heterocycles. The van der Waals surface area contributed by atoms with E-state index < -0.39 is 0 Å². The van der Waals surface area contributed by atoms with Crippen molar-refractivity contribution in [3.05, 3.63) is 0 Å². The van der Waals surface area contributed by atoms with E-state index in [0.717, 1.165) is 18.8 Å². The zero-order valence-corrected chi connectivity index (χ0v) is 7.86. The van der Waals surface area contributed by atoms with Crippen molar-refractivity contribution < 1.29 is 0 Å². The highest BCUT2D eigenvalue weighted by atomic mass is 32.2. The summed E-state index contributed by atoms with van der Waals surface area (Å²) < 4.78 is 0. The fourth-order valence-electron chi connectivity index (χ4n) is 1.37. The second-order valence-electron chi connectivity index (χ2n) is 3.24. The van der Waals surface area contributed by atoms with Gasteiger partial charge in [0.15, 0.2) is 0 Å². The van der Waals surface area contributed by atoms with Crippen LogP contribution in [0.3, 0.4) is 0 Å². The molecule has 1 nitrogen and oxygen atoms in total. The highest BCUT2D eigenvalue weighted by Crippen LogP contribution is 2.35. The molecule has 0 spiro atoms. The van der Waals surface area contributed by atoms with Gasteiger partial charge in [0.1, 0.15) is 0 Å². The summed E-state index contributed by atoms with van der Waals surface area (Å²) in [4.78, 5) is 0. The van der Waals surface area contributed by atoms with E-state index in [0.29, 0.717) is 5.92 Å². The van der Waals surface area contributed by atoms with Crippen LogP contribution in [0.1, 0.15) is 26.2 Å². The first kappa shape index (κ1) is 8.93. The van der Waals surface area contributed by atoms with Gasteiger partial charge in [-0.05, 0) is 36.7 Å². The van der Waals surface area contributed by atoms with Crippen LogP contribution >= 0.6 is 11.8 Å². The average molecular weight is 169 g/mol. The molecular weight excluding hydrogens is 154 g/mol. The van der Waals surface area contributed by atoms with Crippen LogP contribution in [0.4, 0.5) is 0 Å². The fourth-order valence-corrected chi connectivity index (χ4v) is 2.43. The Bertz CT molecular complexity index is 144. The molecule has 0 heterocycles. The molecule has 1 rings (SSSR count). The van der Waals surface area contributed by atoms with Gasteiger partial charge in [0.05, 0.1) is 6.07 Å². The van der Waals surface area contributed by atoms with Crippen LogP contribution in [-0.2, 0) is 0 Å². The molecule has 0 aromatic carbocycles. The van der Waals surface area contributed by atoms with Crippen molar-refractivity contribution in [1.29, 1.82) is 5.26 Å². The van der Waals surface area contributed by atoms with Gasteiger partial charge in [-0.15, -0.1) is 0 Å². The van der Waals surface area contributed by atoms with E-state index >= 15 is 0 Å². The van der Waals surface area contributed by atoms with Crippen molar-refractivity contribution in [2.45, 2.75) is 26.2 Å². The lowest BCUT2D eigenvalue weighted by atomic mass is 9.77. The number of hydrogen-bond acceptors (Lipinski definition) is 2. The molecule has 0 bridgehead atoms. The molecule has 11 heavy (non-hydrogen) atoms. The summed E-state index contributed by atoms with van der Waals surface area (Å²) in [7, 11) is 0. The maximum Gasteiger partial charge on any atom is 0.0656 e. The van der Waals surface area contributed by atoms with Crippen LogP contribution < -0.4 is 0 Å². The van der Waals surface area contributed by atoms with Crippen molar-refractivity contribution >= 4 is 11.8 Å². The summed E-state index contributed by atoms with van der Waals surface area (Å²) in [5.74, 6) is 3.82. The largest absolute Gasteiger partial charge is 0.198 e. The van der Waals surface area contributed by atoms with Gasteiger partial charge >= 0.3 is 0 Å². The quantitative estimate of drug-likeness (QED) is 0.604. The molecule has 0 unspecified atom stereocenters. The minimum absolute atomic E-state index is 0.391. The topological polar surface area (TPSA) is 23.8 Å². The number of rotatable bonds is 4. The Kier molecular flexibility index (Phi) is 3.79. The normalized spacial score (nSPS) is 29.1. The lowest BCUT2D eigenvalue weighted by Crippen LogP contribution is -2.24. The van der Waals surface area contributed by atoms with Crippen molar-refractivity contribution in [2.75, 3.05) is 11.5 Å². The Morgan fingerprint density at radius 1 is 1.55 bits per heavy atom. The molecule has 0 atom stereocenters. The summed E-state index contributed by atoms with van der Waals surface area (Å²) in [6.07, 6.45) is 3.60. The Hall–Kier alpha value is -0.160. The molecule has 1 aliphatic carbocycles. The van der Waals surface area contributed by atoms with Crippen molar-refractivity contribution in [3.63, 3.8) is 0 Å². The van der Waals surface area contributed by atoms with Gasteiger partial charge in [0, 0.05) is 5.92 Å². The van der Waals surface area contributed by atoms with E-state index in [1.807, 2.05) is 11.8 Å². The van der Waals surface area contributed by atoms with E-state index in [9.17, 15) is 0 Å². The SMILES string of the molecule is CCCSCC1CC(C#N)C1. The average Bonchev–Trinajstić information content (AvgIpc) is 1.94. The Morgan fingerprint density at radius 3 is 2.82 bits per heavy atom. The summed E-state index contributed by atoms with van der Waals surface area (Å²) >= 11 is 2.04. The van der Waals surface area contributed by atoms with Crippen LogP contribution in [0, 0.1) is 23.2 Å². The molecule has 0 N–H and O–H groups in total. The first-order chi connectivity index (χ1) is 5.36. The summed E-state index contributed by atoms with van der Waals surface area (Å²) in [6.45, 7) is 2.21. The lowest BCUT2D eigenvalue weighted by molar-refractivity contribution is 0.275. The number of nitrogens with zero attached hydrogens (tertiary/aromatic N) is 1. The molecular formula is C9H15NS. The standard InChI is InChI=1S/C9H15NS/c1-2-3-11-7-9-4-8(5-9)6-10/h8-9H,2-5,7H2,1H3. The van der Waals surface area contributed by atoms with Gasteiger partial charge in [-0.25, -0.2) is 0 Å². The van der Waals surface area contributed by atoms with Gasteiger partial charge in [-0.3, -0.25) is 0 Å². The summed E-state index contributed by atoms with van der Waals surface area (Å²) in [5, 5.41) is 8.52. The van der Waals surface area contributed by atoms with Crippen LogP contribution in [0.25, 0.3) is 0 Å². The second-order valence-corrected chi connectivity index (χ2v) is 4.39. The molecule has 0 amide bonds. The van der Waals surface area contributed by atoms with Crippen LogP contribution in [-0.4, -0.2) is 11.5 Å². The molecule has 0 radical (unpaired) electrons. The predicted octanol–water partition coefficient (Wildman–Crippen LogP) is 2.68. The van der Waals surface area contributed by atoms with Gasteiger partial charge in [-0.2, -0.15) is 17.0 Å². The lowest BCUT2D eigenvalue weighted by Gasteiger charge is -2.30. The number of nitriles is 1. The Labute approximate surface area is 73.2 Å². The number of thioether (sulfide) groups is 1. The van der Waals surface area contributed by atoms with Crippen LogP contribution in [0.2, 0.25) is 0 Å². The maximum atomic E-state index is 8.52. The molecule has 1 aliphatic rings. The Morgan fingerprint density at radius 2 is 2.27 bits per heavy atom. The fraction of sp³-hybridized carbons (Fsp3) is 0.889. The minimum atomic E-state index is 0.391. The predicted molar refractivity (Wildman–Crippen MR) is 49.4 cm³/mol. The van der Waals surface area contributed by atoms with Gasteiger partial charge in [0.2, 0.25) is 0 Å². The van der Waals surface area contributed by atoms with E-state index in [4.69, 9.17) is 5.26 Å². The zero-order valence-electron chi connectivity index (χ0n) is 7.05. The Balaban J connectivity index is 1.93.